The Hall–Kier alpha value is -2.11. The van der Waals surface area contributed by atoms with Crippen molar-refractivity contribution in [3.63, 3.8) is 0 Å². The van der Waals surface area contributed by atoms with E-state index in [1.165, 1.54) is 13.2 Å². The van der Waals surface area contributed by atoms with Crippen molar-refractivity contribution in [1.82, 2.24) is 0 Å². The number of ether oxygens (including phenoxy) is 2. The van der Waals surface area contributed by atoms with Crippen LogP contribution in [0.4, 0.5) is 14.9 Å². The maximum Gasteiger partial charge on any atom is 0.412 e. The van der Waals surface area contributed by atoms with E-state index >= 15 is 0 Å². The summed E-state index contributed by atoms with van der Waals surface area (Å²) in [6.45, 7) is 5.10. The topological polar surface area (TPSA) is 64.6 Å². The quantitative estimate of drug-likeness (QED) is 0.857. The van der Waals surface area contributed by atoms with Crippen LogP contribution in [0.15, 0.2) is 12.1 Å². The third kappa shape index (κ3) is 4.24. The molecule has 5 nitrogen and oxygen atoms in total. The lowest BCUT2D eigenvalue weighted by molar-refractivity contribution is 0.0635. The number of carbonyl (C=O) groups is 2. The third-order valence-corrected chi connectivity index (χ3v) is 2.04. The highest BCUT2D eigenvalue weighted by Gasteiger charge is 2.19. The molecule has 0 aliphatic rings. The highest BCUT2D eigenvalue weighted by Crippen LogP contribution is 2.29. The zero-order valence-corrected chi connectivity index (χ0v) is 11.2. The molecule has 0 fully saturated rings. The number of hydrogen-bond donors (Lipinski definition) is 1. The predicted molar refractivity (Wildman–Crippen MR) is 68.2 cm³/mol. The number of benzene rings is 1. The molecule has 1 rings (SSSR count). The monoisotopic (exact) mass is 269 g/mol. The Balaban J connectivity index is 3.02. The average molecular weight is 269 g/mol. The van der Waals surface area contributed by atoms with Gasteiger partial charge in [-0.05, 0) is 32.9 Å². The van der Waals surface area contributed by atoms with Crippen molar-refractivity contribution in [1.29, 1.82) is 0 Å². The summed E-state index contributed by atoms with van der Waals surface area (Å²) in [6.07, 6.45) is -0.281. The summed E-state index contributed by atoms with van der Waals surface area (Å²) in [6, 6.07) is 2.32. The molecule has 0 aromatic heterocycles. The lowest BCUT2D eigenvalue weighted by Gasteiger charge is -2.20. The highest BCUT2D eigenvalue weighted by molar-refractivity contribution is 5.89. The van der Waals surface area contributed by atoms with Gasteiger partial charge in [0, 0.05) is 5.56 Å². The summed E-state index contributed by atoms with van der Waals surface area (Å²) < 4.78 is 23.5. The molecule has 0 unspecified atom stereocenters. The number of amides is 1. The summed E-state index contributed by atoms with van der Waals surface area (Å²) in [5.41, 5.74) is -0.554. The van der Waals surface area contributed by atoms with Gasteiger partial charge in [-0.15, -0.1) is 0 Å². The van der Waals surface area contributed by atoms with Gasteiger partial charge in [0.25, 0.3) is 0 Å². The fourth-order valence-corrected chi connectivity index (χ4v) is 1.40. The first kappa shape index (κ1) is 14.9. The van der Waals surface area contributed by atoms with Crippen LogP contribution in [0.3, 0.4) is 0 Å². The molecule has 1 aromatic carbocycles. The number of aldehydes is 1. The van der Waals surface area contributed by atoms with E-state index in [1.54, 1.807) is 20.8 Å². The Morgan fingerprint density at radius 1 is 1.37 bits per heavy atom. The molecular formula is C13H16FNO4. The Bertz CT molecular complexity index is 494. The first-order valence-electron chi connectivity index (χ1n) is 5.59. The van der Waals surface area contributed by atoms with Gasteiger partial charge in [0.15, 0.2) is 11.6 Å². The fourth-order valence-electron chi connectivity index (χ4n) is 1.40. The standard InChI is InChI=1S/C13H16FNO4/c1-13(2,3)19-12(17)15-10-6-8(7-16)5-9(14)11(10)18-4/h5-7H,1-4H3,(H,15,17). The summed E-state index contributed by atoms with van der Waals surface area (Å²) in [5, 5.41) is 2.35. The van der Waals surface area contributed by atoms with Crippen molar-refractivity contribution >= 4 is 18.1 Å². The summed E-state index contributed by atoms with van der Waals surface area (Å²) in [5.74, 6) is -0.894. The number of anilines is 1. The van der Waals surface area contributed by atoms with Crippen molar-refractivity contribution in [2.75, 3.05) is 12.4 Å². The van der Waals surface area contributed by atoms with Crippen LogP contribution >= 0.6 is 0 Å². The van der Waals surface area contributed by atoms with E-state index in [-0.39, 0.29) is 17.0 Å². The van der Waals surface area contributed by atoms with E-state index in [4.69, 9.17) is 9.47 Å². The van der Waals surface area contributed by atoms with Crippen molar-refractivity contribution < 1.29 is 23.5 Å². The number of halogens is 1. The van der Waals surface area contributed by atoms with E-state index < -0.39 is 17.5 Å². The van der Waals surface area contributed by atoms with Crippen molar-refractivity contribution in [2.24, 2.45) is 0 Å². The Labute approximate surface area is 110 Å². The largest absolute Gasteiger partial charge is 0.492 e. The van der Waals surface area contributed by atoms with E-state index in [0.717, 1.165) is 6.07 Å². The number of methoxy groups -OCH3 is 1. The zero-order chi connectivity index (χ0) is 14.6. The van der Waals surface area contributed by atoms with Crippen LogP contribution in [0.5, 0.6) is 5.75 Å². The maximum absolute atomic E-state index is 13.6. The van der Waals surface area contributed by atoms with Gasteiger partial charge in [0.2, 0.25) is 0 Å². The molecule has 0 heterocycles. The van der Waals surface area contributed by atoms with Gasteiger partial charge in [0.05, 0.1) is 12.8 Å². The summed E-state index contributed by atoms with van der Waals surface area (Å²) >= 11 is 0. The number of nitrogens with one attached hydrogen (secondary N) is 1. The van der Waals surface area contributed by atoms with Gasteiger partial charge in [-0.25, -0.2) is 9.18 Å². The van der Waals surface area contributed by atoms with Gasteiger partial charge in [0.1, 0.15) is 11.9 Å². The molecule has 0 saturated heterocycles. The first-order valence-corrected chi connectivity index (χ1v) is 5.59. The first-order chi connectivity index (χ1) is 8.76. The van der Waals surface area contributed by atoms with E-state index in [9.17, 15) is 14.0 Å². The summed E-state index contributed by atoms with van der Waals surface area (Å²) in [4.78, 5) is 22.3. The number of hydrogen-bond acceptors (Lipinski definition) is 4. The van der Waals surface area contributed by atoms with Crippen LogP contribution in [0, 0.1) is 5.82 Å². The number of rotatable bonds is 3. The SMILES string of the molecule is COc1c(F)cc(C=O)cc1NC(=O)OC(C)(C)C. The van der Waals surface area contributed by atoms with Gasteiger partial charge in [-0.2, -0.15) is 0 Å². The Morgan fingerprint density at radius 2 is 2.00 bits per heavy atom. The molecule has 0 spiro atoms. The molecule has 0 atom stereocenters. The maximum atomic E-state index is 13.6. The average Bonchev–Trinajstić information content (AvgIpc) is 2.25. The van der Waals surface area contributed by atoms with E-state index in [2.05, 4.69) is 5.32 Å². The van der Waals surface area contributed by atoms with Crippen LogP contribution in [0.25, 0.3) is 0 Å². The van der Waals surface area contributed by atoms with Crippen LogP contribution in [0.1, 0.15) is 31.1 Å². The minimum Gasteiger partial charge on any atom is -0.492 e. The van der Waals surface area contributed by atoms with E-state index in [0.29, 0.717) is 6.29 Å². The number of carbonyl (C=O) groups excluding carboxylic acids is 2. The minimum absolute atomic E-state index is 0.0406. The lowest BCUT2D eigenvalue weighted by atomic mass is 10.2. The molecule has 19 heavy (non-hydrogen) atoms. The van der Waals surface area contributed by atoms with Gasteiger partial charge in [-0.1, -0.05) is 0 Å². The Morgan fingerprint density at radius 3 is 2.47 bits per heavy atom. The molecule has 0 bridgehead atoms. The highest BCUT2D eigenvalue weighted by atomic mass is 19.1. The van der Waals surface area contributed by atoms with Crippen molar-refractivity contribution in [3.05, 3.63) is 23.5 Å². The van der Waals surface area contributed by atoms with Gasteiger partial charge < -0.3 is 9.47 Å². The summed E-state index contributed by atoms with van der Waals surface area (Å²) in [7, 11) is 1.26. The second kappa shape index (κ2) is 5.69. The zero-order valence-electron chi connectivity index (χ0n) is 11.2. The Kier molecular flexibility index (Phi) is 4.47. The molecule has 1 N–H and O–H groups in total. The second-order valence-corrected chi connectivity index (χ2v) is 4.83. The molecule has 0 saturated carbocycles. The normalized spacial score (nSPS) is 10.8. The van der Waals surface area contributed by atoms with Crippen LogP contribution < -0.4 is 10.1 Å². The third-order valence-electron chi connectivity index (χ3n) is 2.04. The molecule has 1 aromatic rings. The van der Waals surface area contributed by atoms with E-state index in [1.807, 2.05) is 0 Å². The molecular weight excluding hydrogens is 253 g/mol. The smallest absolute Gasteiger partial charge is 0.412 e. The molecule has 0 aliphatic heterocycles. The molecule has 0 aliphatic carbocycles. The fraction of sp³-hybridized carbons (Fsp3) is 0.385. The minimum atomic E-state index is -0.756. The van der Waals surface area contributed by atoms with Crippen molar-refractivity contribution in [3.8, 4) is 5.75 Å². The van der Waals surface area contributed by atoms with Crippen LogP contribution in [-0.4, -0.2) is 25.1 Å². The van der Waals surface area contributed by atoms with Gasteiger partial charge in [-0.3, -0.25) is 10.1 Å². The van der Waals surface area contributed by atoms with Crippen molar-refractivity contribution in [2.45, 2.75) is 26.4 Å². The van der Waals surface area contributed by atoms with Crippen LogP contribution in [0.2, 0.25) is 0 Å². The predicted octanol–water partition coefficient (Wildman–Crippen LogP) is 2.99. The van der Waals surface area contributed by atoms with Gasteiger partial charge >= 0.3 is 6.09 Å². The second-order valence-electron chi connectivity index (χ2n) is 4.83. The molecule has 6 heteroatoms. The molecule has 104 valence electrons. The molecule has 0 radical (unpaired) electrons. The van der Waals surface area contributed by atoms with Crippen LogP contribution in [-0.2, 0) is 4.74 Å². The molecule has 1 amide bonds. The lowest BCUT2D eigenvalue weighted by Crippen LogP contribution is -2.27.